The van der Waals surface area contributed by atoms with E-state index in [2.05, 4.69) is 11.9 Å². The highest BCUT2D eigenvalue weighted by Gasteiger charge is 1.96. The summed E-state index contributed by atoms with van der Waals surface area (Å²) in [7, 11) is 0. The van der Waals surface area contributed by atoms with Gasteiger partial charge in [0.25, 0.3) is 5.56 Å². The summed E-state index contributed by atoms with van der Waals surface area (Å²) in [5.41, 5.74) is 0.841. The van der Waals surface area contributed by atoms with Crippen LogP contribution in [0.3, 0.4) is 0 Å². The number of nitrogens with zero attached hydrogens (tertiary/aromatic N) is 2. The van der Waals surface area contributed by atoms with Crippen molar-refractivity contribution in [2.75, 3.05) is 11.5 Å². The van der Waals surface area contributed by atoms with Crippen molar-refractivity contribution in [2.45, 2.75) is 26.8 Å². The van der Waals surface area contributed by atoms with Crippen molar-refractivity contribution in [3.63, 3.8) is 0 Å². The monoisotopic (exact) mass is 212 g/mol. The molecule has 1 aromatic heterocycles. The molecule has 1 rings (SSSR count). The second-order valence-electron chi connectivity index (χ2n) is 3.11. The first-order valence-electron chi connectivity index (χ1n) is 4.85. The smallest absolute Gasteiger partial charge is 0.253 e. The van der Waals surface area contributed by atoms with Crippen molar-refractivity contribution in [1.82, 2.24) is 9.55 Å². The van der Waals surface area contributed by atoms with E-state index in [1.807, 2.05) is 18.7 Å². The molecule has 0 saturated carbocycles. The number of rotatable bonds is 5. The third-order valence-electron chi connectivity index (χ3n) is 1.91. The lowest BCUT2D eigenvalue weighted by atomic mass is 10.4. The van der Waals surface area contributed by atoms with E-state index in [0.29, 0.717) is 0 Å². The molecule has 3 nitrogen and oxygen atoms in total. The van der Waals surface area contributed by atoms with Crippen LogP contribution in [0.1, 0.15) is 19.0 Å². The summed E-state index contributed by atoms with van der Waals surface area (Å²) in [6.07, 6.45) is 2.66. The molecule has 14 heavy (non-hydrogen) atoms. The number of aryl methyl sites for hydroxylation is 2. The first-order valence-corrected chi connectivity index (χ1v) is 6.00. The molecule has 0 spiro atoms. The zero-order valence-electron chi connectivity index (χ0n) is 8.69. The minimum Gasteiger partial charge on any atom is -0.299 e. The van der Waals surface area contributed by atoms with Crippen molar-refractivity contribution >= 4 is 11.8 Å². The van der Waals surface area contributed by atoms with Crippen LogP contribution in [-0.2, 0) is 6.54 Å². The Labute approximate surface area is 88.6 Å². The lowest BCUT2D eigenvalue weighted by molar-refractivity contribution is 0.641. The molecule has 0 bridgehead atoms. The van der Waals surface area contributed by atoms with Gasteiger partial charge in [-0.1, -0.05) is 6.92 Å². The summed E-state index contributed by atoms with van der Waals surface area (Å²) in [5, 5.41) is 0. The molecule has 4 heteroatoms. The number of aromatic nitrogens is 2. The zero-order chi connectivity index (χ0) is 10.4. The van der Waals surface area contributed by atoms with E-state index in [4.69, 9.17) is 0 Å². The molecule has 0 aliphatic carbocycles. The van der Waals surface area contributed by atoms with Gasteiger partial charge in [0.1, 0.15) is 0 Å². The van der Waals surface area contributed by atoms with Crippen LogP contribution >= 0.6 is 11.8 Å². The van der Waals surface area contributed by atoms with Crippen molar-refractivity contribution in [2.24, 2.45) is 0 Å². The van der Waals surface area contributed by atoms with Crippen LogP contribution in [0, 0.1) is 6.92 Å². The largest absolute Gasteiger partial charge is 0.299 e. The van der Waals surface area contributed by atoms with E-state index in [-0.39, 0.29) is 5.56 Å². The second kappa shape index (κ2) is 5.86. The van der Waals surface area contributed by atoms with E-state index in [0.717, 1.165) is 30.2 Å². The first-order chi connectivity index (χ1) is 6.74. The molecular formula is C10H16N2OS. The molecule has 0 N–H and O–H groups in total. The minimum absolute atomic E-state index is 0.0546. The van der Waals surface area contributed by atoms with Gasteiger partial charge in [-0.2, -0.15) is 11.8 Å². The van der Waals surface area contributed by atoms with Crippen molar-refractivity contribution in [1.29, 1.82) is 0 Å². The summed E-state index contributed by atoms with van der Waals surface area (Å²) in [6.45, 7) is 4.75. The molecule has 0 radical (unpaired) electrons. The van der Waals surface area contributed by atoms with Crippen molar-refractivity contribution < 1.29 is 0 Å². The van der Waals surface area contributed by atoms with Gasteiger partial charge in [-0.25, -0.2) is 4.98 Å². The Morgan fingerprint density at radius 3 is 3.00 bits per heavy atom. The lowest BCUT2D eigenvalue weighted by Crippen LogP contribution is -2.20. The SMILES string of the molecule is CCSCCCn1cnc(C)cc1=O. The van der Waals surface area contributed by atoms with Gasteiger partial charge in [-0.3, -0.25) is 9.36 Å². The lowest BCUT2D eigenvalue weighted by Gasteiger charge is -2.04. The molecule has 0 amide bonds. The van der Waals surface area contributed by atoms with Crippen LogP contribution in [0.4, 0.5) is 0 Å². The average molecular weight is 212 g/mol. The Morgan fingerprint density at radius 2 is 2.36 bits per heavy atom. The highest BCUT2D eigenvalue weighted by molar-refractivity contribution is 7.99. The van der Waals surface area contributed by atoms with Gasteiger partial charge < -0.3 is 0 Å². The molecular weight excluding hydrogens is 196 g/mol. The number of thioether (sulfide) groups is 1. The predicted octanol–water partition coefficient (Wildman–Crippen LogP) is 1.69. The fourth-order valence-electron chi connectivity index (χ4n) is 1.17. The molecule has 0 fully saturated rings. The van der Waals surface area contributed by atoms with E-state index < -0.39 is 0 Å². The van der Waals surface area contributed by atoms with Gasteiger partial charge in [0.2, 0.25) is 0 Å². The summed E-state index contributed by atoms with van der Waals surface area (Å²) < 4.78 is 1.67. The van der Waals surface area contributed by atoms with Crippen LogP contribution in [0.5, 0.6) is 0 Å². The fourth-order valence-corrected chi connectivity index (χ4v) is 1.79. The quantitative estimate of drug-likeness (QED) is 0.697. The molecule has 0 unspecified atom stereocenters. The molecule has 1 heterocycles. The van der Waals surface area contributed by atoms with Crippen LogP contribution in [0.2, 0.25) is 0 Å². The molecule has 0 saturated heterocycles. The van der Waals surface area contributed by atoms with Crippen molar-refractivity contribution in [3.8, 4) is 0 Å². The van der Waals surface area contributed by atoms with E-state index in [1.165, 1.54) is 0 Å². The first kappa shape index (κ1) is 11.3. The predicted molar refractivity (Wildman–Crippen MR) is 60.9 cm³/mol. The summed E-state index contributed by atoms with van der Waals surface area (Å²) in [4.78, 5) is 15.5. The molecule has 0 aliphatic rings. The number of hydrogen-bond acceptors (Lipinski definition) is 3. The third kappa shape index (κ3) is 3.54. The van der Waals surface area contributed by atoms with Crippen LogP contribution in [-0.4, -0.2) is 21.1 Å². The Bertz CT molecular complexity index is 335. The van der Waals surface area contributed by atoms with E-state index in [1.54, 1.807) is 17.0 Å². The Morgan fingerprint density at radius 1 is 1.57 bits per heavy atom. The summed E-state index contributed by atoms with van der Waals surface area (Å²) in [6, 6.07) is 1.58. The topological polar surface area (TPSA) is 34.9 Å². The standard InChI is InChI=1S/C10H16N2OS/c1-3-14-6-4-5-12-8-11-9(2)7-10(12)13/h7-8H,3-6H2,1-2H3. The van der Waals surface area contributed by atoms with Gasteiger partial charge >= 0.3 is 0 Å². The summed E-state index contributed by atoms with van der Waals surface area (Å²) >= 11 is 1.90. The highest BCUT2D eigenvalue weighted by Crippen LogP contribution is 2.01. The Hall–Kier alpha value is -0.770. The average Bonchev–Trinajstić information content (AvgIpc) is 2.15. The molecule has 1 aromatic rings. The Balaban J connectivity index is 2.47. The normalized spacial score (nSPS) is 10.4. The maximum Gasteiger partial charge on any atom is 0.253 e. The molecule has 78 valence electrons. The number of hydrogen-bond donors (Lipinski definition) is 0. The summed E-state index contributed by atoms with van der Waals surface area (Å²) in [5.74, 6) is 2.25. The second-order valence-corrected chi connectivity index (χ2v) is 4.51. The minimum atomic E-state index is 0.0546. The maximum atomic E-state index is 11.4. The highest BCUT2D eigenvalue weighted by atomic mass is 32.2. The van der Waals surface area contributed by atoms with Crippen LogP contribution in [0.15, 0.2) is 17.2 Å². The van der Waals surface area contributed by atoms with E-state index >= 15 is 0 Å². The van der Waals surface area contributed by atoms with Gasteiger partial charge in [0.05, 0.1) is 6.33 Å². The van der Waals surface area contributed by atoms with Crippen LogP contribution < -0.4 is 5.56 Å². The van der Waals surface area contributed by atoms with Gasteiger partial charge in [-0.15, -0.1) is 0 Å². The maximum absolute atomic E-state index is 11.4. The fraction of sp³-hybridized carbons (Fsp3) is 0.600. The van der Waals surface area contributed by atoms with Crippen LogP contribution in [0.25, 0.3) is 0 Å². The third-order valence-corrected chi connectivity index (χ3v) is 2.89. The van der Waals surface area contributed by atoms with Gasteiger partial charge in [0, 0.05) is 18.3 Å². The van der Waals surface area contributed by atoms with Gasteiger partial charge in [0.15, 0.2) is 0 Å². The molecule has 0 aliphatic heterocycles. The van der Waals surface area contributed by atoms with E-state index in [9.17, 15) is 4.79 Å². The molecule has 0 aromatic carbocycles. The van der Waals surface area contributed by atoms with Gasteiger partial charge in [-0.05, 0) is 24.9 Å². The molecule has 0 atom stereocenters. The Kier molecular flexibility index (Phi) is 4.73. The van der Waals surface area contributed by atoms with Crippen molar-refractivity contribution in [3.05, 3.63) is 28.4 Å². The zero-order valence-corrected chi connectivity index (χ0v) is 9.51.